The van der Waals surface area contributed by atoms with Gasteiger partial charge in [0, 0.05) is 16.9 Å². The van der Waals surface area contributed by atoms with E-state index >= 15 is 0 Å². The first-order valence-electron chi connectivity index (χ1n) is 6.88. The van der Waals surface area contributed by atoms with Crippen LogP contribution in [0.25, 0.3) is 10.4 Å². The predicted octanol–water partition coefficient (Wildman–Crippen LogP) is 4.01. The lowest BCUT2D eigenvalue weighted by Gasteiger charge is -2.18. The summed E-state index contributed by atoms with van der Waals surface area (Å²) in [5, 5.41) is 3.81. The number of carbonyl (C=O) groups excluding carboxylic acids is 1. The van der Waals surface area contributed by atoms with Gasteiger partial charge in [0.15, 0.2) is 0 Å². The molecular weight excluding hydrogens is 270 g/mol. The zero-order valence-corrected chi connectivity index (χ0v) is 12.9. The summed E-state index contributed by atoms with van der Waals surface area (Å²) in [6.07, 6.45) is 0.593. The molecule has 1 aromatic carbocycles. The van der Waals surface area contributed by atoms with Gasteiger partial charge in [0.1, 0.15) is 5.75 Å². The number of carbonyl (C=O) groups is 1. The summed E-state index contributed by atoms with van der Waals surface area (Å²) in [6.45, 7) is 6.01. The minimum atomic E-state index is -0.451. The van der Waals surface area contributed by atoms with Crippen LogP contribution in [0, 0.1) is 13.8 Å². The maximum Gasteiger partial charge on any atom is 0.305 e. The van der Waals surface area contributed by atoms with Gasteiger partial charge in [-0.1, -0.05) is 22.8 Å². The standard InChI is InChI=1S/C15H21N3O3/c1-5-21-14(19)7-6-13(17-18-16)12-9-10(2)8-11(3)15(12)20-4/h8-9,13H,5-7H2,1-4H3. The van der Waals surface area contributed by atoms with Gasteiger partial charge >= 0.3 is 5.97 Å². The quantitative estimate of drug-likeness (QED) is 0.329. The van der Waals surface area contributed by atoms with Crippen LogP contribution in [-0.2, 0) is 9.53 Å². The van der Waals surface area contributed by atoms with Gasteiger partial charge in [-0.2, -0.15) is 0 Å². The molecule has 114 valence electrons. The number of nitrogens with zero attached hydrogens (tertiary/aromatic N) is 3. The summed E-state index contributed by atoms with van der Waals surface area (Å²) in [5.74, 6) is 0.404. The SMILES string of the molecule is CCOC(=O)CCC(N=[N+]=[N-])c1cc(C)cc(C)c1OC. The van der Waals surface area contributed by atoms with Gasteiger partial charge in [0.05, 0.1) is 19.8 Å². The fraction of sp³-hybridized carbons (Fsp3) is 0.533. The van der Waals surface area contributed by atoms with Crippen molar-refractivity contribution < 1.29 is 14.3 Å². The van der Waals surface area contributed by atoms with Gasteiger partial charge in [-0.25, -0.2) is 0 Å². The lowest BCUT2D eigenvalue weighted by Crippen LogP contribution is -2.07. The fourth-order valence-electron chi connectivity index (χ4n) is 2.34. The molecule has 21 heavy (non-hydrogen) atoms. The van der Waals surface area contributed by atoms with Gasteiger partial charge in [-0.05, 0) is 38.3 Å². The Labute approximate surface area is 124 Å². The molecule has 0 aliphatic heterocycles. The van der Waals surface area contributed by atoms with Gasteiger partial charge in [0.2, 0.25) is 0 Å². The van der Waals surface area contributed by atoms with E-state index in [-0.39, 0.29) is 12.4 Å². The lowest BCUT2D eigenvalue weighted by atomic mass is 9.97. The molecule has 1 unspecified atom stereocenters. The van der Waals surface area contributed by atoms with Crippen LogP contribution in [0.3, 0.4) is 0 Å². The largest absolute Gasteiger partial charge is 0.496 e. The zero-order valence-electron chi connectivity index (χ0n) is 12.9. The van der Waals surface area contributed by atoms with E-state index in [1.54, 1.807) is 14.0 Å². The van der Waals surface area contributed by atoms with E-state index in [0.717, 1.165) is 16.7 Å². The summed E-state index contributed by atoms with van der Waals surface area (Å²) in [4.78, 5) is 14.4. The Morgan fingerprint density at radius 1 is 1.43 bits per heavy atom. The minimum absolute atomic E-state index is 0.202. The summed E-state index contributed by atoms with van der Waals surface area (Å²) in [6, 6.07) is 3.48. The second kappa shape index (κ2) is 8.17. The third-order valence-electron chi connectivity index (χ3n) is 3.13. The van der Waals surface area contributed by atoms with E-state index in [4.69, 9.17) is 15.0 Å². The van der Waals surface area contributed by atoms with Crippen LogP contribution in [0.5, 0.6) is 5.75 Å². The number of hydrogen-bond acceptors (Lipinski definition) is 4. The Morgan fingerprint density at radius 3 is 2.71 bits per heavy atom. The third kappa shape index (κ3) is 4.68. The molecule has 0 heterocycles. The first-order chi connectivity index (χ1) is 10.0. The van der Waals surface area contributed by atoms with E-state index in [2.05, 4.69) is 10.0 Å². The highest BCUT2D eigenvalue weighted by Gasteiger charge is 2.18. The van der Waals surface area contributed by atoms with Crippen molar-refractivity contribution in [2.24, 2.45) is 5.11 Å². The number of hydrogen-bond donors (Lipinski definition) is 0. The van der Waals surface area contributed by atoms with Crippen molar-refractivity contribution in [1.29, 1.82) is 0 Å². The first-order valence-corrected chi connectivity index (χ1v) is 6.88. The van der Waals surface area contributed by atoms with Crippen LogP contribution >= 0.6 is 0 Å². The third-order valence-corrected chi connectivity index (χ3v) is 3.13. The lowest BCUT2D eigenvalue weighted by molar-refractivity contribution is -0.143. The molecule has 0 aliphatic carbocycles. The molecule has 0 spiro atoms. The van der Waals surface area contributed by atoms with E-state index in [1.165, 1.54) is 0 Å². The average molecular weight is 291 g/mol. The van der Waals surface area contributed by atoms with Crippen LogP contribution < -0.4 is 4.74 Å². The molecular formula is C15H21N3O3. The van der Waals surface area contributed by atoms with E-state index in [9.17, 15) is 4.79 Å². The van der Waals surface area contributed by atoms with Crippen LogP contribution in [-0.4, -0.2) is 19.7 Å². The van der Waals surface area contributed by atoms with Gasteiger partial charge in [-0.3, -0.25) is 4.79 Å². The molecule has 0 amide bonds. The highest BCUT2D eigenvalue weighted by atomic mass is 16.5. The van der Waals surface area contributed by atoms with Gasteiger partial charge < -0.3 is 9.47 Å². The van der Waals surface area contributed by atoms with Crippen LogP contribution in [0.2, 0.25) is 0 Å². The monoisotopic (exact) mass is 291 g/mol. The Morgan fingerprint density at radius 2 is 2.14 bits per heavy atom. The van der Waals surface area contributed by atoms with Crippen molar-refractivity contribution in [3.8, 4) is 5.75 Å². The number of azide groups is 1. The molecule has 1 atom stereocenters. The van der Waals surface area contributed by atoms with Crippen molar-refractivity contribution in [1.82, 2.24) is 0 Å². The van der Waals surface area contributed by atoms with E-state index in [1.807, 2.05) is 26.0 Å². The summed E-state index contributed by atoms with van der Waals surface area (Å²) in [5.41, 5.74) is 11.6. The number of esters is 1. The average Bonchev–Trinajstić information content (AvgIpc) is 2.43. The maximum absolute atomic E-state index is 11.5. The van der Waals surface area contributed by atoms with Crippen molar-refractivity contribution in [3.05, 3.63) is 39.3 Å². The summed E-state index contributed by atoms with van der Waals surface area (Å²) < 4.78 is 10.3. The van der Waals surface area contributed by atoms with Gasteiger partial charge in [0.25, 0.3) is 0 Å². The van der Waals surface area contributed by atoms with Crippen molar-refractivity contribution in [2.75, 3.05) is 13.7 Å². The highest BCUT2D eigenvalue weighted by Crippen LogP contribution is 2.34. The van der Waals surface area contributed by atoms with Crippen molar-refractivity contribution in [2.45, 2.75) is 39.7 Å². The normalized spacial score (nSPS) is 11.4. The molecule has 0 N–H and O–H groups in total. The van der Waals surface area contributed by atoms with Crippen molar-refractivity contribution in [3.63, 3.8) is 0 Å². The second-order valence-electron chi connectivity index (χ2n) is 4.77. The van der Waals surface area contributed by atoms with E-state index < -0.39 is 6.04 Å². The first kappa shape index (κ1) is 16.9. The molecule has 0 radical (unpaired) electrons. The zero-order chi connectivity index (χ0) is 15.8. The highest BCUT2D eigenvalue weighted by molar-refractivity contribution is 5.69. The summed E-state index contributed by atoms with van der Waals surface area (Å²) >= 11 is 0. The topological polar surface area (TPSA) is 84.3 Å². The van der Waals surface area contributed by atoms with Crippen molar-refractivity contribution >= 4 is 5.97 Å². The predicted molar refractivity (Wildman–Crippen MR) is 80.2 cm³/mol. The molecule has 0 aromatic heterocycles. The number of rotatable bonds is 7. The number of benzene rings is 1. The molecule has 0 aliphatic rings. The molecule has 1 aromatic rings. The molecule has 6 heteroatoms. The smallest absolute Gasteiger partial charge is 0.305 e. The molecule has 1 rings (SSSR count). The number of methoxy groups -OCH3 is 1. The molecule has 0 saturated heterocycles. The maximum atomic E-state index is 11.5. The summed E-state index contributed by atoms with van der Waals surface area (Å²) in [7, 11) is 1.58. The molecule has 0 saturated carbocycles. The van der Waals surface area contributed by atoms with Gasteiger partial charge in [-0.15, -0.1) is 0 Å². The van der Waals surface area contributed by atoms with Crippen LogP contribution in [0.1, 0.15) is 42.5 Å². The Bertz CT molecular complexity index is 551. The number of ether oxygens (including phenoxy) is 2. The molecule has 0 fully saturated rings. The minimum Gasteiger partial charge on any atom is -0.496 e. The Hall–Kier alpha value is -2.20. The second-order valence-corrected chi connectivity index (χ2v) is 4.77. The molecule has 0 bridgehead atoms. The molecule has 6 nitrogen and oxygen atoms in total. The Kier molecular flexibility index (Phi) is 6.56. The number of aryl methyl sites for hydroxylation is 2. The Balaban J connectivity index is 3.05. The van der Waals surface area contributed by atoms with Crippen LogP contribution in [0.4, 0.5) is 0 Å². The van der Waals surface area contributed by atoms with E-state index in [0.29, 0.717) is 18.8 Å². The fourth-order valence-corrected chi connectivity index (χ4v) is 2.34. The van der Waals surface area contributed by atoms with Crippen LogP contribution in [0.15, 0.2) is 17.2 Å².